The van der Waals surface area contributed by atoms with Crippen molar-refractivity contribution in [3.8, 4) is 0 Å². The van der Waals surface area contributed by atoms with Crippen molar-refractivity contribution in [1.29, 1.82) is 0 Å². The van der Waals surface area contributed by atoms with Crippen molar-refractivity contribution in [2.24, 2.45) is 0 Å². The molecule has 78 heavy (non-hydrogen) atoms. The van der Waals surface area contributed by atoms with Gasteiger partial charge >= 0.3 is 17.9 Å². The summed E-state index contributed by atoms with van der Waals surface area (Å²) in [6.07, 6.45) is 83.5. The van der Waals surface area contributed by atoms with Gasteiger partial charge < -0.3 is 14.2 Å². The lowest BCUT2D eigenvalue weighted by molar-refractivity contribution is -0.167. The molecule has 0 bridgehead atoms. The molecule has 0 aliphatic rings. The first-order valence-electron chi connectivity index (χ1n) is 35.0. The number of rotatable bonds is 65. The van der Waals surface area contributed by atoms with Crippen LogP contribution in [-0.4, -0.2) is 37.2 Å². The molecular weight excluding hydrogens is 961 g/mol. The van der Waals surface area contributed by atoms with Crippen molar-refractivity contribution in [2.75, 3.05) is 13.2 Å². The monoisotopic (exact) mass is 1100 g/mol. The summed E-state index contributed by atoms with van der Waals surface area (Å²) in [6.45, 7) is 6.63. The van der Waals surface area contributed by atoms with Crippen LogP contribution < -0.4 is 0 Å². The van der Waals surface area contributed by atoms with Crippen LogP contribution in [0.25, 0.3) is 0 Å². The van der Waals surface area contributed by atoms with Crippen LogP contribution in [0.5, 0.6) is 0 Å². The first-order chi connectivity index (χ1) is 38.5. The van der Waals surface area contributed by atoms with E-state index in [0.29, 0.717) is 19.3 Å². The van der Waals surface area contributed by atoms with E-state index in [-0.39, 0.29) is 31.1 Å². The summed E-state index contributed by atoms with van der Waals surface area (Å²) in [7, 11) is 0. The standard InChI is InChI=1S/C72H134O6/c1-4-7-10-13-16-19-21-23-25-27-29-30-31-32-33-34-35-36-37-38-39-40-41-42-44-45-47-49-51-53-56-59-62-65-71(74)77-68-69(67-76-70(73)64-61-58-55-18-15-12-9-6-3)78-72(75)66-63-60-57-54-52-50-48-46-43-28-26-24-22-20-17-14-11-8-5-2/h17,20,24,26,43,46,69H,4-16,18-19,21-23,25,27-42,44-45,47-68H2,1-3H3/b20-17-,26-24-,46-43-. The first-order valence-corrected chi connectivity index (χ1v) is 35.0. The molecule has 458 valence electrons. The summed E-state index contributed by atoms with van der Waals surface area (Å²) in [5.74, 6) is -0.867. The minimum atomic E-state index is -0.775. The van der Waals surface area contributed by atoms with E-state index in [2.05, 4.69) is 57.2 Å². The maximum absolute atomic E-state index is 12.9. The highest BCUT2D eigenvalue weighted by Crippen LogP contribution is 2.19. The van der Waals surface area contributed by atoms with Crippen LogP contribution in [0.4, 0.5) is 0 Å². The lowest BCUT2D eigenvalue weighted by Gasteiger charge is -2.18. The predicted octanol–water partition coefficient (Wildman–Crippen LogP) is 23.9. The van der Waals surface area contributed by atoms with Crippen molar-refractivity contribution in [1.82, 2.24) is 0 Å². The molecule has 1 atom stereocenters. The summed E-state index contributed by atoms with van der Waals surface area (Å²) in [4.78, 5) is 38.2. The highest BCUT2D eigenvalue weighted by Gasteiger charge is 2.19. The molecule has 0 aromatic carbocycles. The minimum Gasteiger partial charge on any atom is -0.462 e. The second kappa shape index (κ2) is 67.1. The number of allylic oxidation sites excluding steroid dienone is 6. The molecule has 0 fully saturated rings. The van der Waals surface area contributed by atoms with Gasteiger partial charge in [0, 0.05) is 19.3 Å². The topological polar surface area (TPSA) is 78.9 Å². The second-order valence-electron chi connectivity index (χ2n) is 23.8. The highest BCUT2D eigenvalue weighted by molar-refractivity contribution is 5.71. The summed E-state index contributed by atoms with van der Waals surface area (Å²) in [5.41, 5.74) is 0. The van der Waals surface area contributed by atoms with Crippen LogP contribution in [0.2, 0.25) is 0 Å². The van der Waals surface area contributed by atoms with Crippen LogP contribution in [-0.2, 0) is 28.6 Å². The number of ether oxygens (including phenoxy) is 3. The Morgan fingerprint density at radius 2 is 0.462 bits per heavy atom. The minimum absolute atomic E-state index is 0.0729. The van der Waals surface area contributed by atoms with Crippen LogP contribution in [0.1, 0.15) is 387 Å². The fraction of sp³-hybridized carbons (Fsp3) is 0.875. The average Bonchev–Trinajstić information content (AvgIpc) is 3.44. The molecule has 0 amide bonds. The molecule has 0 radical (unpaired) electrons. The maximum atomic E-state index is 12.9. The number of hydrogen-bond donors (Lipinski definition) is 0. The molecule has 0 heterocycles. The molecule has 0 aromatic heterocycles. The van der Waals surface area contributed by atoms with Crippen LogP contribution >= 0.6 is 0 Å². The van der Waals surface area contributed by atoms with Gasteiger partial charge in [-0.25, -0.2) is 0 Å². The van der Waals surface area contributed by atoms with Crippen molar-refractivity contribution >= 4 is 17.9 Å². The molecular formula is C72H134O6. The van der Waals surface area contributed by atoms with E-state index in [1.165, 1.54) is 270 Å². The fourth-order valence-corrected chi connectivity index (χ4v) is 10.6. The predicted molar refractivity (Wildman–Crippen MR) is 339 cm³/mol. The Morgan fingerprint density at radius 1 is 0.256 bits per heavy atom. The largest absolute Gasteiger partial charge is 0.462 e. The van der Waals surface area contributed by atoms with E-state index in [4.69, 9.17) is 14.2 Å². The lowest BCUT2D eigenvalue weighted by atomic mass is 10.0. The Morgan fingerprint density at radius 3 is 0.744 bits per heavy atom. The molecule has 0 saturated carbocycles. The van der Waals surface area contributed by atoms with Gasteiger partial charge in [0.1, 0.15) is 13.2 Å². The van der Waals surface area contributed by atoms with Gasteiger partial charge in [0.25, 0.3) is 0 Å². The maximum Gasteiger partial charge on any atom is 0.306 e. The number of hydrogen-bond acceptors (Lipinski definition) is 6. The highest BCUT2D eigenvalue weighted by atomic mass is 16.6. The van der Waals surface area contributed by atoms with Crippen molar-refractivity contribution < 1.29 is 28.6 Å². The zero-order valence-electron chi connectivity index (χ0n) is 52.7. The molecule has 0 aromatic rings. The summed E-state index contributed by atoms with van der Waals surface area (Å²) < 4.78 is 16.9. The number of carbonyl (C=O) groups is 3. The van der Waals surface area contributed by atoms with Gasteiger partial charge in [-0.1, -0.05) is 346 Å². The van der Waals surface area contributed by atoms with Crippen molar-refractivity contribution in [2.45, 2.75) is 393 Å². The smallest absolute Gasteiger partial charge is 0.306 e. The SMILES string of the molecule is CCCCC/C=C\C/C=C\C/C=C\CCCCCCCCC(=O)OC(COC(=O)CCCCCCCCCC)COC(=O)CCCCCCCCCCCCCCCCCCCCCCCCCCCCCCCCCCC. The Kier molecular flexibility index (Phi) is 65.1. The van der Waals surface area contributed by atoms with E-state index in [1.54, 1.807) is 0 Å². The number of unbranched alkanes of at least 4 members (excludes halogenated alkanes) is 48. The second-order valence-corrected chi connectivity index (χ2v) is 23.8. The van der Waals surface area contributed by atoms with Gasteiger partial charge in [-0.3, -0.25) is 14.4 Å². The third-order valence-electron chi connectivity index (χ3n) is 15.9. The fourth-order valence-electron chi connectivity index (χ4n) is 10.6. The van der Waals surface area contributed by atoms with Crippen molar-refractivity contribution in [3.05, 3.63) is 36.5 Å². The normalized spacial score (nSPS) is 12.2. The number of esters is 3. The molecule has 0 rings (SSSR count). The number of carbonyl (C=O) groups excluding carboxylic acids is 3. The zero-order chi connectivity index (χ0) is 56.4. The molecule has 0 aliphatic carbocycles. The molecule has 1 unspecified atom stereocenters. The van der Waals surface area contributed by atoms with Gasteiger partial charge in [0.15, 0.2) is 6.10 Å². The van der Waals surface area contributed by atoms with Crippen molar-refractivity contribution in [3.63, 3.8) is 0 Å². The van der Waals surface area contributed by atoms with Crippen LogP contribution in [0.15, 0.2) is 36.5 Å². The van der Waals surface area contributed by atoms with Gasteiger partial charge in [-0.15, -0.1) is 0 Å². The first kappa shape index (κ1) is 75.6. The van der Waals surface area contributed by atoms with E-state index in [0.717, 1.165) is 77.0 Å². The Bertz CT molecular complexity index is 1300. The van der Waals surface area contributed by atoms with E-state index < -0.39 is 6.10 Å². The molecule has 0 N–H and O–H groups in total. The summed E-state index contributed by atoms with van der Waals surface area (Å²) in [5, 5.41) is 0. The Labute approximate surface area is 486 Å². The Balaban J connectivity index is 4.00. The average molecular weight is 1100 g/mol. The third kappa shape index (κ3) is 64.5. The van der Waals surface area contributed by atoms with E-state index in [1.807, 2.05) is 0 Å². The van der Waals surface area contributed by atoms with Gasteiger partial charge in [-0.05, 0) is 57.8 Å². The summed E-state index contributed by atoms with van der Waals surface area (Å²) in [6, 6.07) is 0. The van der Waals surface area contributed by atoms with E-state index in [9.17, 15) is 14.4 Å². The van der Waals surface area contributed by atoms with Crippen LogP contribution in [0, 0.1) is 0 Å². The summed E-state index contributed by atoms with van der Waals surface area (Å²) >= 11 is 0. The Hall–Kier alpha value is -2.37. The molecule has 0 saturated heterocycles. The van der Waals surface area contributed by atoms with Gasteiger partial charge in [0.2, 0.25) is 0 Å². The molecule has 6 nitrogen and oxygen atoms in total. The van der Waals surface area contributed by atoms with Gasteiger partial charge in [0.05, 0.1) is 0 Å². The quantitative estimate of drug-likeness (QED) is 0.0261. The molecule has 0 aliphatic heterocycles. The lowest BCUT2D eigenvalue weighted by Crippen LogP contribution is -2.30. The molecule has 0 spiro atoms. The molecule has 6 heteroatoms. The van der Waals surface area contributed by atoms with Crippen LogP contribution in [0.3, 0.4) is 0 Å². The third-order valence-corrected chi connectivity index (χ3v) is 15.9. The van der Waals surface area contributed by atoms with E-state index >= 15 is 0 Å². The van der Waals surface area contributed by atoms with Gasteiger partial charge in [-0.2, -0.15) is 0 Å². The zero-order valence-corrected chi connectivity index (χ0v) is 52.7.